The van der Waals surface area contributed by atoms with Crippen molar-refractivity contribution in [1.29, 1.82) is 0 Å². The third-order valence-electron chi connectivity index (χ3n) is 5.01. The average molecular weight is 485 g/mol. The highest BCUT2D eigenvalue weighted by Crippen LogP contribution is 2.27. The van der Waals surface area contributed by atoms with Crippen molar-refractivity contribution in [2.75, 3.05) is 16.9 Å². The number of sulfone groups is 1. The summed E-state index contributed by atoms with van der Waals surface area (Å²) in [5.74, 6) is -0.779. The molecule has 0 aliphatic carbocycles. The molecule has 3 aromatic rings. The van der Waals surface area contributed by atoms with Gasteiger partial charge < -0.3 is 10.6 Å². The summed E-state index contributed by atoms with van der Waals surface area (Å²) >= 11 is 6.30. The van der Waals surface area contributed by atoms with Crippen LogP contribution in [0.15, 0.2) is 71.6 Å². The quantitative estimate of drug-likeness (QED) is 0.497. The zero-order valence-corrected chi connectivity index (χ0v) is 20.3. The minimum atomic E-state index is -3.44. The number of nitrogens with one attached hydrogen (secondary N) is 2. The highest BCUT2D eigenvalue weighted by atomic mass is 35.5. The van der Waals surface area contributed by atoms with Gasteiger partial charge in [0, 0.05) is 23.1 Å². The van der Waals surface area contributed by atoms with E-state index in [1.807, 2.05) is 12.1 Å². The molecule has 0 atom stereocenters. The Bertz CT molecular complexity index is 1310. The van der Waals surface area contributed by atoms with Crippen molar-refractivity contribution in [3.8, 4) is 0 Å². The molecule has 6 nitrogen and oxygen atoms in total. The number of anilines is 2. The van der Waals surface area contributed by atoms with Crippen molar-refractivity contribution >= 4 is 44.6 Å². The molecule has 0 aromatic heterocycles. The highest BCUT2D eigenvalue weighted by Gasteiger charge is 2.16. The summed E-state index contributed by atoms with van der Waals surface area (Å²) in [4.78, 5) is 25.2. The monoisotopic (exact) mass is 484 g/mol. The highest BCUT2D eigenvalue weighted by molar-refractivity contribution is 7.90. The van der Waals surface area contributed by atoms with E-state index < -0.39 is 15.7 Å². The molecular formula is C25H25ClN2O4S. The molecule has 2 amide bonds. The van der Waals surface area contributed by atoms with Crippen LogP contribution in [0.1, 0.15) is 47.1 Å². The third kappa shape index (κ3) is 6.21. The molecule has 0 saturated carbocycles. The summed E-state index contributed by atoms with van der Waals surface area (Å²) in [5.41, 5.74) is 2.63. The number of rotatable bonds is 5. The molecule has 0 fully saturated rings. The van der Waals surface area contributed by atoms with Crippen LogP contribution in [0.3, 0.4) is 0 Å². The van der Waals surface area contributed by atoms with E-state index in [9.17, 15) is 18.0 Å². The van der Waals surface area contributed by atoms with E-state index in [2.05, 4.69) is 31.4 Å². The van der Waals surface area contributed by atoms with E-state index in [4.69, 9.17) is 11.6 Å². The molecule has 0 aliphatic heterocycles. The Morgan fingerprint density at radius 2 is 1.45 bits per heavy atom. The maximum Gasteiger partial charge on any atom is 0.255 e. The van der Waals surface area contributed by atoms with Gasteiger partial charge in [0.2, 0.25) is 0 Å². The maximum absolute atomic E-state index is 12.6. The molecule has 0 bridgehead atoms. The fourth-order valence-corrected chi connectivity index (χ4v) is 3.98. The van der Waals surface area contributed by atoms with Crippen LogP contribution < -0.4 is 10.6 Å². The van der Waals surface area contributed by atoms with Gasteiger partial charge in [-0.15, -0.1) is 0 Å². The van der Waals surface area contributed by atoms with E-state index in [1.165, 1.54) is 30.3 Å². The van der Waals surface area contributed by atoms with Crippen molar-refractivity contribution in [2.45, 2.75) is 31.1 Å². The van der Waals surface area contributed by atoms with Crippen molar-refractivity contribution in [3.05, 3.63) is 88.4 Å². The van der Waals surface area contributed by atoms with Gasteiger partial charge in [-0.1, -0.05) is 50.6 Å². The Morgan fingerprint density at radius 1 is 0.818 bits per heavy atom. The average Bonchev–Trinajstić information content (AvgIpc) is 2.74. The molecule has 8 heteroatoms. The first-order chi connectivity index (χ1) is 15.3. The lowest BCUT2D eigenvalue weighted by molar-refractivity contribution is 0.101. The Balaban J connectivity index is 1.71. The molecule has 0 aliphatic rings. The summed E-state index contributed by atoms with van der Waals surface area (Å²) in [7, 11) is -3.44. The largest absolute Gasteiger partial charge is 0.322 e. The summed E-state index contributed by atoms with van der Waals surface area (Å²) in [6.45, 7) is 6.31. The van der Waals surface area contributed by atoms with E-state index in [-0.39, 0.29) is 26.8 Å². The Hall–Kier alpha value is -3.16. The van der Waals surface area contributed by atoms with Crippen LogP contribution in [0, 0.1) is 0 Å². The van der Waals surface area contributed by atoms with Gasteiger partial charge in [-0.25, -0.2) is 8.42 Å². The smallest absolute Gasteiger partial charge is 0.255 e. The van der Waals surface area contributed by atoms with Gasteiger partial charge in [-0.2, -0.15) is 0 Å². The van der Waals surface area contributed by atoms with Crippen LogP contribution in [0.5, 0.6) is 0 Å². The summed E-state index contributed by atoms with van der Waals surface area (Å²) < 4.78 is 23.4. The molecule has 0 radical (unpaired) electrons. The number of halogens is 1. The predicted octanol–water partition coefficient (Wildman–Crippen LogP) is 5.55. The van der Waals surface area contributed by atoms with Gasteiger partial charge in [0.15, 0.2) is 9.84 Å². The first kappa shape index (κ1) is 24.5. The van der Waals surface area contributed by atoms with Crippen LogP contribution >= 0.6 is 11.6 Å². The predicted molar refractivity (Wildman–Crippen MR) is 132 cm³/mol. The van der Waals surface area contributed by atoms with Crippen molar-refractivity contribution in [1.82, 2.24) is 0 Å². The van der Waals surface area contributed by atoms with E-state index in [0.717, 1.165) is 11.8 Å². The standard InChI is InChI=1S/C25H25ClN2O4S/c1-25(2,3)18-10-8-16(9-11-18)23(29)27-19-12-13-22(21(26)15-19)28-24(30)17-6-5-7-20(14-17)33(4,31)32/h5-15H,1-4H3,(H,27,29)(H,28,30). The fraction of sp³-hybridized carbons (Fsp3) is 0.200. The van der Waals surface area contributed by atoms with E-state index in [0.29, 0.717) is 16.9 Å². The second-order valence-corrected chi connectivity index (χ2v) is 11.2. The summed E-state index contributed by atoms with van der Waals surface area (Å²) in [6, 6.07) is 17.9. The van der Waals surface area contributed by atoms with Gasteiger partial charge in [0.05, 0.1) is 15.6 Å². The Labute approximate surface area is 198 Å². The second kappa shape index (κ2) is 9.37. The third-order valence-corrected chi connectivity index (χ3v) is 6.44. The van der Waals surface area contributed by atoms with Gasteiger partial charge >= 0.3 is 0 Å². The molecule has 172 valence electrons. The summed E-state index contributed by atoms with van der Waals surface area (Å²) in [6.07, 6.45) is 1.08. The van der Waals surface area contributed by atoms with E-state index in [1.54, 1.807) is 24.3 Å². The van der Waals surface area contributed by atoms with Crippen LogP contribution in [-0.4, -0.2) is 26.5 Å². The topological polar surface area (TPSA) is 92.3 Å². The zero-order chi connectivity index (χ0) is 24.4. The molecule has 0 unspecified atom stereocenters. The van der Waals surface area contributed by atoms with Crippen molar-refractivity contribution in [3.63, 3.8) is 0 Å². The normalized spacial score (nSPS) is 11.7. The molecule has 0 saturated heterocycles. The van der Waals surface area contributed by atoms with E-state index >= 15 is 0 Å². The van der Waals surface area contributed by atoms with Crippen molar-refractivity contribution in [2.24, 2.45) is 0 Å². The number of hydrogen-bond donors (Lipinski definition) is 2. The molecule has 0 heterocycles. The number of carbonyl (C=O) groups is 2. The number of carbonyl (C=O) groups excluding carboxylic acids is 2. The van der Waals surface area contributed by atoms with Gasteiger partial charge in [-0.05, 0) is 59.5 Å². The van der Waals surface area contributed by atoms with Crippen LogP contribution in [-0.2, 0) is 15.3 Å². The molecule has 3 aromatic carbocycles. The first-order valence-corrected chi connectivity index (χ1v) is 12.4. The number of amides is 2. The SMILES string of the molecule is CC(C)(C)c1ccc(C(=O)Nc2ccc(NC(=O)c3cccc(S(C)(=O)=O)c3)c(Cl)c2)cc1. The summed E-state index contributed by atoms with van der Waals surface area (Å²) in [5, 5.41) is 5.68. The first-order valence-electron chi connectivity index (χ1n) is 10.2. The fourth-order valence-electron chi connectivity index (χ4n) is 3.08. The van der Waals surface area contributed by atoms with Gasteiger partial charge in [0.25, 0.3) is 11.8 Å². The van der Waals surface area contributed by atoms with Crippen LogP contribution in [0.25, 0.3) is 0 Å². The lowest BCUT2D eigenvalue weighted by Crippen LogP contribution is -2.15. The van der Waals surface area contributed by atoms with Crippen LogP contribution in [0.4, 0.5) is 11.4 Å². The molecule has 2 N–H and O–H groups in total. The Morgan fingerprint density at radius 3 is 2.03 bits per heavy atom. The van der Waals surface area contributed by atoms with Crippen LogP contribution in [0.2, 0.25) is 5.02 Å². The molecular weight excluding hydrogens is 460 g/mol. The lowest BCUT2D eigenvalue weighted by Gasteiger charge is -2.19. The van der Waals surface area contributed by atoms with Gasteiger partial charge in [0.1, 0.15) is 0 Å². The Kier molecular flexibility index (Phi) is 6.95. The molecule has 0 spiro atoms. The second-order valence-electron chi connectivity index (χ2n) is 8.73. The van der Waals surface area contributed by atoms with Gasteiger partial charge in [-0.3, -0.25) is 9.59 Å². The minimum absolute atomic E-state index is 0.00505. The number of benzene rings is 3. The molecule has 3 rings (SSSR count). The lowest BCUT2D eigenvalue weighted by atomic mass is 9.87. The maximum atomic E-state index is 12.6. The van der Waals surface area contributed by atoms with Crippen molar-refractivity contribution < 1.29 is 18.0 Å². The number of hydrogen-bond acceptors (Lipinski definition) is 4. The minimum Gasteiger partial charge on any atom is -0.322 e. The molecule has 33 heavy (non-hydrogen) atoms. The zero-order valence-electron chi connectivity index (χ0n) is 18.8.